The molecule has 25 heavy (non-hydrogen) atoms. The van der Waals surface area contributed by atoms with Gasteiger partial charge in [-0.3, -0.25) is 4.90 Å². The van der Waals surface area contributed by atoms with E-state index in [1.54, 1.807) is 0 Å². The minimum absolute atomic E-state index is 0.172. The number of nitrogen functional groups attached to an aromatic ring is 1. The van der Waals surface area contributed by atoms with E-state index in [0.29, 0.717) is 6.61 Å². The van der Waals surface area contributed by atoms with Gasteiger partial charge in [-0.1, -0.05) is 30.3 Å². The quantitative estimate of drug-likeness (QED) is 0.670. The molecular weight excluding hydrogens is 314 g/mol. The normalized spacial score (nSPS) is 16.4. The molecule has 0 saturated carbocycles. The van der Waals surface area contributed by atoms with Gasteiger partial charge in [0, 0.05) is 37.6 Å². The van der Waals surface area contributed by atoms with E-state index in [2.05, 4.69) is 9.80 Å². The Morgan fingerprint density at radius 1 is 1.04 bits per heavy atom. The van der Waals surface area contributed by atoms with E-state index in [9.17, 15) is 4.79 Å². The number of piperazine rings is 1. The SMILES string of the molecule is CCOC(=O)[C@@H](c1ccccc1)N1CCN(c2ccc(N)cc2)CC1. The summed E-state index contributed by atoms with van der Waals surface area (Å²) in [5.74, 6) is -0.172. The number of carbonyl (C=O) groups is 1. The van der Waals surface area contributed by atoms with Crippen molar-refractivity contribution in [2.45, 2.75) is 13.0 Å². The first kappa shape index (κ1) is 17.3. The Hall–Kier alpha value is -2.53. The standard InChI is InChI=1S/C20H25N3O2/c1-2-25-20(24)19(16-6-4-3-5-7-16)23-14-12-22(13-15-23)18-10-8-17(21)9-11-18/h3-11,19H,2,12-15,21H2,1H3/t19-/m1/s1. The number of nitrogens with zero attached hydrogens (tertiary/aromatic N) is 2. The summed E-state index contributed by atoms with van der Waals surface area (Å²) in [5, 5.41) is 0. The summed E-state index contributed by atoms with van der Waals surface area (Å²) in [5.41, 5.74) is 8.69. The molecule has 1 aliphatic heterocycles. The zero-order valence-electron chi connectivity index (χ0n) is 14.6. The van der Waals surface area contributed by atoms with Crippen LogP contribution in [0.5, 0.6) is 0 Å². The summed E-state index contributed by atoms with van der Waals surface area (Å²) in [6, 6.07) is 17.5. The Kier molecular flexibility index (Phi) is 5.56. The van der Waals surface area contributed by atoms with Gasteiger partial charge in [-0.05, 0) is 36.8 Å². The van der Waals surface area contributed by atoms with Crippen molar-refractivity contribution in [1.82, 2.24) is 4.90 Å². The Morgan fingerprint density at radius 2 is 1.68 bits per heavy atom. The van der Waals surface area contributed by atoms with Crippen LogP contribution in [0.15, 0.2) is 54.6 Å². The highest BCUT2D eigenvalue weighted by atomic mass is 16.5. The molecule has 1 saturated heterocycles. The molecule has 3 rings (SSSR count). The fourth-order valence-corrected chi connectivity index (χ4v) is 3.28. The number of rotatable bonds is 5. The molecular formula is C20H25N3O2. The van der Waals surface area contributed by atoms with E-state index >= 15 is 0 Å². The molecule has 0 amide bonds. The average molecular weight is 339 g/mol. The van der Waals surface area contributed by atoms with Crippen molar-refractivity contribution in [1.29, 1.82) is 0 Å². The molecule has 0 spiro atoms. The van der Waals surface area contributed by atoms with E-state index in [0.717, 1.165) is 37.4 Å². The molecule has 2 aromatic rings. The second-order valence-electron chi connectivity index (χ2n) is 6.18. The van der Waals surface area contributed by atoms with Crippen LogP contribution in [0.3, 0.4) is 0 Å². The predicted octanol–water partition coefficient (Wildman–Crippen LogP) is 2.70. The number of hydrogen-bond acceptors (Lipinski definition) is 5. The monoisotopic (exact) mass is 339 g/mol. The molecule has 1 aliphatic rings. The van der Waals surface area contributed by atoms with E-state index in [1.807, 2.05) is 61.5 Å². The molecule has 0 radical (unpaired) electrons. The molecule has 132 valence electrons. The Labute approximate surface area is 149 Å². The van der Waals surface area contributed by atoms with Gasteiger partial charge in [0.1, 0.15) is 6.04 Å². The lowest BCUT2D eigenvalue weighted by molar-refractivity contribution is -0.150. The Balaban J connectivity index is 1.71. The van der Waals surface area contributed by atoms with Gasteiger partial charge in [0.15, 0.2) is 0 Å². The summed E-state index contributed by atoms with van der Waals surface area (Å²) in [7, 11) is 0. The Morgan fingerprint density at radius 3 is 2.28 bits per heavy atom. The first-order chi connectivity index (χ1) is 12.2. The third kappa shape index (κ3) is 4.12. The highest BCUT2D eigenvalue weighted by Crippen LogP contribution is 2.26. The number of carbonyl (C=O) groups excluding carboxylic acids is 1. The largest absolute Gasteiger partial charge is 0.465 e. The maximum Gasteiger partial charge on any atom is 0.328 e. The van der Waals surface area contributed by atoms with Gasteiger partial charge in [0.25, 0.3) is 0 Å². The van der Waals surface area contributed by atoms with E-state index in [4.69, 9.17) is 10.5 Å². The summed E-state index contributed by atoms with van der Waals surface area (Å²) < 4.78 is 5.33. The molecule has 2 N–H and O–H groups in total. The van der Waals surface area contributed by atoms with E-state index in [1.165, 1.54) is 5.69 Å². The van der Waals surface area contributed by atoms with Crippen molar-refractivity contribution < 1.29 is 9.53 Å². The van der Waals surface area contributed by atoms with Gasteiger partial charge in [-0.15, -0.1) is 0 Å². The van der Waals surface area contributed by atoms with E-state index < -0.39 is 0 Å². The lowest BCUT2D eigenvalue weighted by Crippen LogP contribution is -2.49. The number of benzene rings is 2. The van der Waals surface area contributed by atoms with Crippen molar-refractivity contribution in [2.75, 3.05) is 43.4 Å². The van der Waals surface area contributed by atoms with Gasteiger partial charge < -0.3 is 15.4 Å². The van der Waals surface area contributed by atoms with Gasteiger partial charge in [-0.25, -0.2) is 4.79 Å². The molecule has 0 bridgehead atoms. The molecule has 1 atom stereocenters. The zero-order chi connectivity index (χ0) is 17.6. The number of nitrogens with two attached hydrogens (primary N) is 1. The third-order valence-electron chi connectivity index (χ3n) is 4.56. The first-order valence-electron chi connectivity index (χ1n) is 8.75. The van der Waals surface area contributed by atoms with Crippen LogP contribution in [0.4, 0.5) is 11.4 Å². The third-order valence-corrected chi connectivity index (χ3v) is 4.56. The summed E-state index contributed by atoms with van der Waals surface area (Å²) in [4.78, 5) is 17.1. The highest BCUT2D eigenvalue weighted by Gasteiger charge is 2.31. The van der Waals surface area contributed by atoms with Crippen LogP contribution in [0.25, 0.3) is 0 Å². The maximum atomic E-state index is 12.5. The lowest BCUT2D eigenvalue weighted by Gasteiger charge is -2.39. The highest BCUT2D eigenvalue weighted by molar-refractivity contribution is 5.77. The number of anilines is 2. The van der Waals surface area contributed by atoms with Gasteiger partial charge >= 0.3 is 5.97 Å². The van der Waals surface area contributed by atoms with Crippen LogP contribution in [-0.2, 0) is 9.53 Å². The smallest absolute Gasteiger partial charge is 0.328 e. The molecule has 0 aliphatic carbocycles. The summed E-state index contributed by atoms with van der Waals surface area (Å²) in [6.45, 7) is 5.59. The topological polar surface area (TPSA) is 58.8 Å². The first-order valence-corrected chi connectivity index (χ1v) is 8.75. The number of hydrogen-bond donors (Lipinski definition) is 1. The Bertz CT molecular complexity index is 680. The summed E-state index contributed by atoms with van der Waals surface area (Å²) >= 11 is 0. The number of esters is 1. The average Bonchev–Trinajstić information content (AvgIpc) is 2.64. The molecule has 1 fully saturated rings. The van der Waals surface area contributed by atoms with E-state index in [-0.39, 0.29) is 12.0 Å². The second kappa shape index (κ2) is 8.03. The van der Waals surface area contributed by atoms with Crippen molar-refractivity contribution in [3.8, 4) is 0 Å². The molecule has 0 aromatic heterocycles. The van der Waals surface area contributed by atoms with Crippen molar-refractivity contribution in [3.63, 3.8) is 0 Å². The molecule has 0 unspecified atom stereocenters. The van der Waals surface area contributed by atoms with Crippen LogP contribution < -0.4 is 10.6 Å². The van der Waals surface area contributed by atoms with Crippen LogP contribution in [0, 0.1) is 0 Å². The van der Waals surface area contributed by atoms with Crippen LogP contribution in [-0.4, -0.2) is 43.7 Å². The second-order valence-corrected chi connectivity index (χ2v) is 6.18. The predicted molar refractivity (Wildman–Crippen MR) is 100 cm³/mol. The lowest BCUT2D eigenvalue weighted by atomic mass is 10.0. The van der Waals surface area contributed by atoms with Gasteiger partial charge in [0.2, 0.25) is 0 Å². The van der Waals surface area contributed by atoms with Crippen molar-refractivity contribution in [2.24, 2.45) is 0 Å². The molecule has 5 heteroatoms. The van der Waals surface area contributed by atoms with Crippen LogP contribution in [0.2, 0.25) is 0 Å². The van der Waals surface area contributed by atoms with Crippen LogP contribution >= 0.6 is 0 Å². The molecule has 2 aromatic carbocycles. The fraction of sp³-hybridized carbons (Fsp3) is 0.350. The fourth-order valence-electron chi connectivity index (χ4n) is 3.28. The number of ether oxygens (including phenoxy) is 1. The van der Waals surface area contributed by atoms with Crippen LogP contribution in [0.1, 0.15) is 18.5 Å². The minimum atomic E-state index is -0.338. The van der Waals surface area contributed by atoms with Crippen molar-refractivity contribution in [3.05, 3.63) is 60.2 Å². The zero-order valence-corrected chi connectivity index (χ0v) is 14.6. The van der Waals surface area contributed by atoms with Crippen molar-refractivity contribution >= 4 is 17.3 Å². The summed E-state index contributed by atoms with van der Waals surface area (Å²) in [6.07, 6.45) is 0. The van der Waals surface area contributed by atoms with Gasteiger partial charge in [0.05, 0.1) is 6.61 Å². The minimum Gasteiger partial charge on any atom is -0.465 e. The molecule has 1 heterocycles. The maximum absolute atomic E-state index is 12.5. The molecule has 5 nitrogen and oxygen atoms in total. The van der Waals surface area contributed by atoms with Gasteiger partial charge in [-0.2, -0.15) is 0 Å².